The Labute approximate surface area is 182 Å². The predicted octanol–water partition coefficient (Wildman–Crippen LogP) is 2.72. The summed E-state index contributed by atoms with van der Waals surface area (Å²) in [5.74, 6) is -0.699. The minimum Gasteiger partial charge on any atom is -0.495 e. The normalized spacial score (nSPS) is 16.6. The van der Waals surface area contributed by atoms with Crippen molar-refractivity contribution in [1.29, 1.82) is 0 Å². The summed E-state index contributed by atoms with van der Waals surface area (Å²) < 4.78 is 32.3. The van der Waals surface area contributed by atoms with Gasteiger partial charge in [-0.3, -0.25) is 9.59 Å². The highest BCUT2D eigenvalue weighted by Crippen LogP contribution is 2.31. The van der Waals surface area contributed by atoms with Gasteiger partial charge in [0.15, 0.2) is 0 Å². The first-order valence-electron chi connectivity index (χ1n) is 10.2. The molecule has 2 aromatic rings. The number of nitrogens with zero attached hydrogens (tertiary/aromatic N) is 2. The van der Waals surface area contributed by atoms with E-state index in [0.29, 0.717) is 18.8 Å². The summed E-state index contributed by atoms with van der Waals surface area (Å²) in [6.45, 7) is 4.47. The third kappa shape index (κ3) is 4.72. The van der Waals surface area contributed by atoms with E-state index in [1.165, 1.54) is 29.6 Å². The summed E-state index contributed by atoms with van der Waals surface area (Å²) in [5, 5.41) is 2.76. The Morgan fingerprint density at radius 2 is 1.84 bits per heavy atom. The molecule has 8 nitrogen and oxygen atoms in total. The number of carbonyl (C=O) groups excluding carboxylic acids is 2. The maximum atomic E-state index is 12.9. The first-order chi connectivity index (χ1) is 14.8. The van der Waals surface area contributed by atoms with E-state index in [4.69, 9.17) is 4.74 Å². The molecule has 0 unspecified atom stereocenters. The highest BCUT2D eigenvalue weighted by atomic mass is 32.2. The lowest BCUT2D eigenvalue weighted by atomic mass is 10.1. The van der Waals surface area contributed by atoms with Gasteiger partial charge in [0.25, 0.3) is 0 Å². The van der Waals surface area contributed by atoms with Gasteiger partial charge in [-0.1, -0.05) is 32.0 Å². The molecule has 0 radical (unpaired) electrons. The molecule has 31 heavy (non-hydrogen) atoms. The molecular formula is C22H27N3O5S. The summed E-state index contributed by atoms with van der Waals surface area (Å²) in [7, 11) is -2.25. The Balaban J connectivity index is 1.82. The van der Waals surface area contributed by atoms with Crippen LogP contribution in [0.1, 0.15) is 20.3 Å². The average Bonchev–Trinajstić information content (AvgIpc) is 3.16. The molecule has 0 aromatic heterocycles. The smallest absolute Gasteiger partial charge is 0.243 e. The summed E-state index contributed by atoms with van der Waals surface area (Å²) >= 11 is 0. The molecular weight excluding hydrogens is 418 g/mol. The van der Waals surface area contributed by atoms with Crippen molar-refractivity contribution in [2.24, 2.45) is 5.92 Å². The second kappa shape index (κ2) is 9.49. The van der Waals surface area contributed by atoms with Crippen molar-refractivity contribution in [2.45, 2.75) is 25.2 Å². The number of hydrogen-bond acceptors (Lipinski definition) is 5. The van der Waals surface area contributed by atoms with Crippen LogP contribution >= 0.6 is 0 Å². The first-order valence-corrected chi connectivity index (χ1v) is 11.6. The van der Waals surface area contributed by atoms with E-state index >= 15 is 0 Å². The second-order valence-corrected chi connectivity index (χ2v) is 9.12. The van der Waals surface area contributed by atoms with Crippen molar-refractivity contribution < 1.29 is 22.7 Å². The third-order valence-electron chi connectivity index (χ3n) is 5.34. The minimum atomic E-state index is -3.69. The van der Waals surface area contributed by atoms with Crippen LogP contribution in [0.15, 0.2) is 53.4 Å². The molecule has 1 aliphatic heterocycles. The van der Waals surface area contributed by atoms with Gasteiger partial charge in [-0.05, 0) is 30.3 Å². The van der Waals surface area contributed by atoms with Crippen LogP contribution in [0.3, 0.4) is 0 Å². The zero-order valence-electron chi connectivity index (χ0n) is 17.9. The lowest BCUT2D eigenvalue weighted by molar-refractivity contribution is -0.122. The molecule has 0 bridgehead atoms. The number of ether oxygens (including phenoxy) is 1. The number of amides is 2. The summed E-state index contributed by atoms with van der Waals surface area (Å²) in [4.78, 5) is 27.0. The van der Waals surface area contributed by atoms with Crippen LogP contribution in [-0.2, 0) is 19.6 Å². The van der Waals surface area contributed by atoms with Gasteiger partial charge in [0, 0.05) is 31.7 Å². The Hall–Kier alpha value is -2.91. The van der Waals surface area contributed by atoms with Crippen LogP contribution < -0.4 is 15.0 Å². The molecule has 1 atom stereocenters. The number of anilines is 2. The summed E-state index contributed by atoms with van der Waals surface area (Å²) in [6.07, 6.45) is 0.0838. The predicted molar refractivity (Wildman–Crippen MR) is 119 cm³/mol. The van der Waals surface area contributed by atoms with Crippen LogP contribution in [-0.4, -0.2) is 51.3 Å². The number of carbonyl (C=O) groups is 2. The Kier molecular flexibility index (Phi) is 6.97. The fourth-order valence-corrected chi connectivity index (χ4v) is 5.12. The molecule has 166 valence electrons. The van der Waals surface area contributed by atoms with Gasteiger partial charge in [-0.2, -0.15) is 4.31 Å². The van der Waals surface area contributed by atoms with E-state index in [9.17, 15) is 18.0 Å². The van der Waals surface area contributed by atoms with E-state index in [1.54, 1.807) is 18.7 Å². The van der Waals surface area contributed by atoms with Crippen molar-refractivity contribution >= 4 is 33.2 Å². The zero-order chi connectivity index (χ0) is 22.6. The average molecular weight is 446 g/mol. The third-order valence-corrected chi connectivity index (χ3v) is 7.38. The molecule has 1 aliphatic rings. The second-order valence-electron chi connectivity index (χ2n) is 7.18. The van der Waals surface area contributed by atoms with Crippen LogP contribution in [0, 0.1) is 5.92 Å². The highest BCUT2D eigenvalue weighted by Gasteiger charge is 2.35. The van der Waals surface area contributed by atoms with Gasteiger partial charge in [0.2, 0.25) is 21.8 Å². The Morgan fingerprint density at radius 1 is 1.16 bits per heavy atom. The van der Waals surface area contributed by atoms with Crippen molar-refractivity contribution in [3.8, 4) is 5.75 Å². The van der Waals surface area contributed by atoms with E-state index < -0.39 is 15.9 Å². The van der Waals surface area contributed by atoms with E-state index in [1.807, 2.05) is 30.3 Å². The number of nitrogens with one attached hydrogen (secondary N) is 1. The molecule has 1 heterocycles. The molecule has 1 fully saturated rings. The molecule has 0 spiro atoms. The van der Waals surface area contributed by atoms with Crippen molar-refractivity contribution in [3.63, 3.8) is 0 Å². The van der Waals surface area contributed by atoms with Gasteiger partial charge >= 0.3 is 0 Å². The van der Waals surface area contributed by atoms with Gasteiger partial charge < -0.3 is 15.0 Å². The molecule has 0 saturated carbocycles. The van der Waals surface area contributed by atoms with E-state index in [0.717, 1.165) is 5.69 Å². The molecule has 2 amide bonds. The Morgan fingerprint density at radius 3 is 2.45 bits per heavy atom. The minimum absolute atomic E-state index is 0.0701. The van der Waals surface area contributed by atoms with Crippen LogP contribution in [0.2, 0.25) is 0 Å². The summed E-state index contributed by atoms with van der Waals surface area (Å²) in [6, 6.07) is 13.5. The quantitative estimate of drug-likeness (QED) is 0.674. The molecule has 0 aliphatic carbocycles. The molecule has 2 aromatic carbocycles. The van der Waals surface area contributed by atoms with Gasteiger partial charge in [0.1, 0.15) is 5.75 Å². The zero-order valence-corrected chi connectivity index (χ0v) is 18.7. The number of sulfonamides is 1. The number of methoxy groups -OCH3 is 1. The maximum Gasteiger partial charge on any atom is 0.243 e. The molecule has 9 heteroatoms. The molecule has 3 rings (SSSR count). The topological polar surface area (TPSA) is 96.0 Å². The van der Waals surface area contributed by atoms with Crippen LogP contribution in [0.4, 0.5) is 11.4 Å². The van der Waals surface area contributed by atoms with Gasteiger partial charge in [0.05, 0.1) is 23.6 Å². The lowest BCUT2D eigenvalue weighted by Crippen LogP contribution is -2.31. The first kappa shape index (κ1) is 22.8. The highest BCUT2D eigenvalue weighted by molar-refractivity contribution is 7.89. The largest absolute Gasteiger partial charge is 0.495 e. The number of benzene rings is 2. The number of rotatable bonds is 8. The lowest BCUT2D eigenvalue weighted by Gasteiger charge is -2.20. The fourth-order valence-electron chi connectivity index (χ4n) is 3.63. The monoisotopic (exact) mass is 445 g/mol. The number of hydrogen-bond donors (Lipinski definition) is 1. The summed E-state index contributed by atoms with van der Waals surface area (Å²) in [5.41, 5.74) is 0.999. The van der Waals surface area contributed by atoms with Crippen molar-refractivity contribution in [2.75, 3.05) is 37.0 Å². The van der Waals surface area contributed by atoms with Crippen molar-refractivity contribution in [3.05, 3.63) is 48.5 Å². The fraction of sp³-hybridized carbons (Fsp3) is 0.364. The van der Waals surface area contributed by atoms with Crippen molar-refractivity contribution in [1.82, 2.24) is 4.31 Å². The maximum absolute atomic E-state index is 12.9. The van der Waals surface area contributed by atoms with E-state index in [-0.39, 0.29) is 35.4 Å². The van der Waals surface area contributed by atoms with E-state index in [2.05, 4.69) is 5.32 Å². The van der Waals surface area contributed by atoms with Gasteiger partial charge in [-0.25, -0.2) is 8.42 Å². The number of para-hydroxylation sites is 1. The van der Waals surface area contributed by atoms with Crippen LogP contribution in [0.5, 0.6) is 5.75 Å². The van der Waals surface area contributed by atoms with Gasteiger partial charge in [-0.15, -0.1) is 0 Å². The standard InChI is InChI=1S/C22H27N3O5S/c1-4-24(5-2)31(28,29)18-11-12-20(30-3)19(14-18)23-22(27)16-13-21(26)25(15-16)17-9-7-6-8-10-17/h6-12,14,16H,4-5,13,15H2,1-3H3,(H,23,27)/t16-/m0/s1. The molecule has 1 N–H and O–H groups in total. The Bertz CT molecular complexity index is 1050. The van der Waals surface area contributed by atoms with Crippen LogP contribution in [0.25, 0.3) is 0 Å². The SMILES string of the molecule is CCN(CC)S(=O)(=O)c1ccc(OC)c(NC(=O)[C@H]2CC(=O)N(c3ccccc3)C2)c1. The molecule has 1 saturated heterocycles.